The van der Waals surface area contributed by atoms with Gasteiger partial charge in [0.25, 0.3) is 0 Å². The summed E-state index contributed by atoms with van der Waals surface area (Å²) in [5, 5.41) is 2.69. The number of carbonyl (C=O) groups is 1. The lowest BCUT2D eigenvalue weighted by atomic mass is 10.1. The van der Waals surface area contributed by atoms with Crippen LogP contribution in [0.2, 0.25) is 0 Å². The zero-order valence-electron chi connectivity index (χ0n) is 6.52. The van der Waals surface area contributed by atoms with Crippen LogP contribution in [0, 0.1) is 6.92 Å². The van der Waals surface area contributed by atoms with Crippen LogP contribution in [-0.4, -0.2) is 10.9 Å². The summed E-state index contributed by atoms with van der Waals surface area (Å²) in [7, 11) is 0. The van der Waals surface area contributed by atoms with Gasteiger partial charge in [-0.2, -0.15) is 0 Å². The highest BCUT2D eigenvalue weighted by atomic mass is 79.9. The first-order valence-electron chi connectivity index (χ1n) is 3.62. The molecule has 3 nitrogen and oxygen atoms in total. The number of hydrogen-bond acceptors (Lipinski definition) is 2. The predicted octanol–water partition coefficient (Wildman–Crippen LogP) is 1.65. The number of fused-ring (bicyclic) bond motifs is 1. The van der Waals surface area contributed by atoms with Crippen molar-refractivity contribution in [1.29, 1.82) is 0 Å². The topological polar surface area (TPSA) is 42.0 Å². The standard InChI is InChI=1S/C8H7BrN2O/c1-4-5-2-7(12)11-8(5)10-3-6(4)9/h3H,2H2,1H3,(H,10,11,12). The first-order valence-corrected chi connectivity index (χ1v) is 4.41. The van der Waals surface area contributed by atoms with Crippen molar-refractivity contribution < 1.29 is 4.79 Å². The first-order chi connectivity index (χ1) is 5.68. The number of anilines is 1. The maximum Gasteiger partial charge on any atom is 0.230 e. The number of pyridine rings is 1. The van der Waals surface area contributed by atoms with E-state index >= 15 is 0 Å². The van der Waals surface area contributed by atoms with Gasteiger partial charge in [0.2, 0.25) is 5.91 Å². The molecule has 1 aliphatic rings. The average Bonchev–Trinajstić information content (AvgIpc) is 2.39. The number of halogens is 1. The van der Waals surface area contributed by atoms with E-state index in [1.54, 1.807) is 6.20 Å². The van der Waals surface area contributed by atoms with Gasteiger partial charge in [-0.25, -0.2) is 4.98 Å². The van der Waals surface area contributed by atoms with Crippen LogP contribution in [0.15, 0.2) is 10.7 Å². The van der Waals surface area contributed by atoms with E-state index in [1.165, 1.54) is 0 Å². The quantitative estimate of drug-likeness (QED) is 0.732. The van der Waals surface area contributed by atoms with Crippen LogP contribution in [0.25, 0.3) is 0 Å². The van der Waals surface area contributed by atoms with Crippen LogP contribution in [-0.2, 0) is 11.2 Å². The highest BCUT2D eigenvalue weighted by Crippen LogP contribution is 2.28. The minimum absolute atomic E-state index is 0.0266. The minimum Gasteiger partial charge on any atom is -0.310 e. The lowest BCUT2D eigenvalue weighted by Gasteiger charge is -2.02. The number of amides is 1. The number of rotatable bonds is 0. The first kappa shape index (κ1) is 7.73. The molecule has 1 aromatic heterocycles. The van der Waals surface area contributed by atoms with Crippen molar-refractivity contribution in [2.24, 2.45) is 0 Å². The number of aromatic nitrogens is 1. The summed E-state index contributed by atoms with van der Waals surface area (Å²) in [6, 6.07) is 0. The summed E-state index contributed by atoms with van der Waals surface area (Å²) in [4.78, 5) is 15.1. The number of nitrogens with zero attached hydrogens (tertiary/aromatic N) is 1. The number of nitrogens with one attached hydrogen (secondary N) is 1. The van der Waals surface area contributed by atoms with E-state index in [1.807, 2.05) is 6.92 Å². The molecule has 0 radical (unpaired) electrons. The molecule has 0 saturated carbocycles. The molecule has 1 aromatic rings. The molecule has 0 aromatic carbocycles. The maximum absolute atomic E-state index is 11.0. The van der Waals surface area contributed by atoms with Gasteiger partial charge in [0.1, 0.15) is 5.82 Å². The molecule has 1 aliphatic heterocycles. The van der Waals surface area contributed by atoms with Crippen LogP contribution in [0.3, 0.4) is 0 Å². The van der Waals surface area contributed by atoms with Crippen molar-refractivity contribution >= 4 is 27.7 Å². The van der Waals surface area contributed by atoms with Crippen molar-refractivity contribution in [3.63, 3.8) is 0 Å². The molecular weight excluding hydrogens is 220 g/mol. The molecule has 0 saturated heterocycles. The molecule has 0 spiro atoms. The molecule has 2 rings (SSSR count). The van der Waals surface area contributed by atoms with Crippen molar-refractivity contribution in [1.82, 2.24) is 4.98 Å². The van der Waals surface area contributed by atoms with Crippen molar-refractivity contribution in [2.75, 3.05) is 5.32 Å². The van der Waals surface area contributed by atoms with E-state index in [2.05, 4.69) is 26.2 Å². The highest BCUT2D eigenvalue weighted by molar-refractivity contribution is 9.10. The zero-order chi connectivity index (χ0) is 8.72. The summed E-state index contributed by atoms with van der Waals surface area (Å²) in [6.45, 7) is 1.98. The lowest BCUT2D eigenvalue weighted by Crippen LogP contribution is -2.04. The second kappa shape index (κ2) is 2.55. The molecule has 2 heterocycles. The smallest absolute Gasteiger partial charge is 0.230 e. The van der Waals surface area contributed by atoms with Gasteiger partial charge in [0.15, 0.2) is 0 Å². The van der Waals surface area contributed by atoms with Crippen LogP contribution >= 0.6 is 15.9 Å². The molecule has 62 valence electrons. The zero-order valence-corrected chi connectivity index (χ0v) is 8.10. The third-order valence-corrected chi connectivity index (χ3v) is 2.80. The lowest BCUT2D eigenvalue weighted by molar-refractivity contribution is -0.115. The SMILES string of the molecule is Cc1c(Br)cnc2c1CC(=O)N2. The Kier molecular flexibility index (Phi) is 1.65. The molecule has 0 aliphatic carbocycles. The summed E-state index contributed by atoms with van der Waals surface area (Å²) in [5.41, 5.74) is 2.10. The van der Waals surface area contributed by atoms with E-state index in [0.717, 1.165) is 15.6 Å². The second-order valence-electron chi connectivity index (χ2n) is 2.78. The van der Waals surface area contributed by atoms with E-state index in [-0.39, 0.29) is 5.91 Å². The molecule has 1 amide bonds. The Balaban J connectivity index is 2.61. The molecule has 4 heteroatoms. The van der Waals surface area contributed by atoms with Gasteiger partial charge in [-0.1, -0.05) is 0 Å². The van der Waals surface area contributed by atoms with Crippen LogP contribution in [0.1, 0.15) is 11.1 Å². The van der Waals surface area contributed by atoms with E-state index in [9.17, 15) is 4.79 Å². The van der Waals surface area contributed by atoms with Crippen molar-refractivity contribution in [3.8, 4) is 0 Å². The monoisotopic (exact) mass is 226 g/mol. The molecule has 1 N–H and O–H groups in total. The van der Waals surface area contributed by atoms with Gasteiger partial charge in [-0.3, -0.25) is 4.79 Å². The Morgan fingerprint density at radius 2 is 2.42 bits per heavy atom. The highest BCUT2D eigenvalue weighted by Gasteiger charge is 2.21. The Bertz CT molecular complexity index is 362. The van der Waals surface area contributed by atoms with Crippen LogP contribution < -0.4 is 5.32 Å². The fraction of sp³-hybridized carbons (Fsp3) is 0.250. The van der Waals surface area contributed by atoms with Gasteiger partial charge in [0, 0.05) is 16.2 Å². The van der Waals surface area contributed by atoms with Gasteiger partial charge in [-0.05, 0) is 28.4 Å². The van der Waals surface area contributed by atoms with E-state index in [0.29, 0.717) is 12.2 Å². The molecular formula is C8H7BrN2O. The Morgan fingerprint density at radius 1 is 1.67 bits per heavy atom. The Morgan fingerprint density at radius 3 is 3.17 bits per heavy atom. The third kappa shape index (κ3) is 1.03. The Hall–Kier alpha value is -0.900. The van der Waals surface area contributed by atoms with Gasteiger partial charge >= 0.3 is 0 Å². The Labute approximate surface area is 78.3 Å². The van der Waals surface area contributed by atoms with Gasteiger partial charge in [0.05, 0.1) is 6.42 Å². The largest absolute Gasteiger partial charge is 0.310 e. The minimum atomic E-state index is 0.0266. The molecule has 12 heavy (non-hydrogen) atoms. The fourth-order valence-electron chi connectivity index (χ4n) is 1.28. The van der Waals surface area contributed by atoms with Crippen molar-refractivity contribution in [2.45, 2.75) is 13.3 Å². The molecule has 0 unspecified atom stereocenters. The molecule has 0 fully saturated rings. The third-order valence-electron chi connectivity index (χ3n) is 2.00. The summed E-state index contributed by atoms with van der Waals surface area (Å²) in [5.74, 6) is 0.736. The molecule has 0 bridgehead atoms. The predicted molar refractivity (Wildman–Crippen MR) is 49.0 cm³/mol. The van der Waals surface area contributed by atoms with E-state index < -0.39 is 0 Å². The summed E-state index contributed by atoms with van der Waals surface area (Å²) in [6.07, 6.45) is 2.16. The maximum atomic E-state index is 11.0. The number of hydrogen-bond donors (Lipinski definition) is 1. The number of carbonyl (C=O) groups excluding carboxylic acids is 1. The van der Waals surface area contributed by atoms with E-state index in [4.69, 9.17) is 0 Å². The average molecular weight is 227 g/mol. The normalized spacial score (nSPS) is 14.3. The van der Waals surface area contributed by atoms with Gasteiger partial charge in [-0.15, -0.1) is 0 Å². The van der Waals surface area contributed by atoms with Crippen LogP contribution in [0.4, 0.5) is 5.82 Å². The van der Waals surface area contributed by atoms with Crippen molar-refractivity contribution in [3.05, 3.63) is 21.8 Å². The van der Waals surface area contributed by atoms with Crippen LogP contribution in [0.5, 0.6) is 0 Å². The second-order valence-corrected chi connectivity index (χ2v) is 3.64. The fourth-order valence-corrected chi connectivity index (χ4v) is 1.62. The van der Waals surface area contributed by atoms with Gasteiger partial charge < -0.3 is 5.32 Å². The summed E-state index contributed by atoms with van der Waals surface area (Å²) >= 11 is 3.37. The summed E-state index contributed by atoms with van der Waals surface area (Å²) < 4.78 is 0.956. The molecule has 0 atom stereocenters.